The van der Waals surface area contributed by atoms with Gasteiger partial charge < -0.3 is 5.32 Å². The van der Waals surface area contributed by atoms with Crippen LogP contribution in [0.4, 0.5) is 0 Å². The molecule has 0 aliphatic rings. The van der Waals surface area contributed by atoms with E-state index in [4.69, 9.17) is 23.2 Å². The monoisotopic (exact) mass is 321 g/mol. The Kier molecular flexibility index (Phi) is 3.48. The van der Waals surface area contributed by atoms with Gasteiger partial charge in [-0.25, -0.2) is 9.97 Å². The Labute approximate surface area is 129 Å². The zero-order valence-corrected chi connectivity index (χ0v) is 12.4. The number of halogens is 2. The predicted molar refractivity (Wildman–Crippen MR) is 80.1 cm³/mol. The fourth-order valence-electron chi connectivity index (χ4n) is 2.03. The van der Waals surface area contributed by atoms with E-state index in [-0.39, 0.29) is 16.3 Å². The van der Waals surface area contributed by atoms with Gasteiger partial charge in [-0.2, -0.15) is 4.98 Å². The minimum absolute atomic E-state index is 0.0201. The quantitative estimate of drug-likeness (QED) is 0.581. The molecule has 2 heterocycles. The molecular weight excluding hydrogens is 313 g/mol. The molecule has 3 rings (SSSR count). The summed E-state index contributed by atoms with van der Waals surface area (Å²) in [7, 11) is 1.57. The highest BCUT2D eigenvalue weighted by Gasteiger charge is 2.16. The number of nitrogens with zero attached hydrogens (tertiary/aromatic N) is 4. The van der Waals surface area contributed by atoms with Crippen LogP contribution in [0, 0.1) is 0 Å². The number of aromatic nitrogens is 4. The summed E-state index contributed by atoms with van der Waals surface area (Å²) in [4.78, 5) is 24.1. The normalized spacial score (nSPS) is 10.8. The number of hydrogen-bond donors (Lipinski definition) is 1. The maximum absolute atomic E-state index is 12.0. The number of rotatable bonds is 2. The van der Waals surface area contributed by atoms with Crippen molar-refractivity contribution in [1.82, 2.24) is 24.8 Å². The molecule has 0 saturated carbocycles. The van der Waals surface area contributed by atoms with Crippen LogP contribution in [-0.4, -0.2) is 32.5 Å². The highest BCUT2D eigenvalue weighted by Crippen LogP contribution is 2.24. The molecule has 0 bridgehead atoms. The Bertz CT molecular complexity index is 846. The van der Waals surface area contributed by atoms with Crippen molar-refractivity contribution in [3.8, 4) is 5.69 Å². The zero-order chi connectivity index (χ0) is 15.0. The number of fused-ring (bicyclic) bond motifs is 1. The highest BCUT2D eigenvalue weighted by molar-refractivity contribution is 6.35. The molecule has 0 radical (unpaired) electrons. The summed E-state index contributed by atoms with van der Waals surface area (Å²) < 4.78 is 1.65. The van der Waals surface area contributed by atoms with Crippen LogP contribution in [0.3, 0.4) is 0 Å². The van der Waals surface area contributed by atoms with Gasteiger partial charge in [0.1, 0.15) is 11.8 Å². The fraction of sp³-hybridized carbons (Fsp3) is 0.0769. The summed E-state index contributed by atoms with van der Waals surface area (Å²) in [5.74, 6) is -0.210. The first-order valence-corrected chi connectivity index (χ1v) is 6.75. The van der Waals surface area contributed by atoms with Crippen LogP contribution in [0.2, 0.25) is 10.4 Å². The predicted octanol–water partition coefficient (Wildman–Crippen LogP) is 2.48. The summed E-state index contributed by atoms with van der Waals surface area (Å²) in [5, 5.41) is 2.78. The van der Waals surface area contributed by atoms with E-state index in [9.17, 15) is 4.79 Å². The molecule has 0 saturated heterocycles. The second-order valence-corrected chi connectivity index (χ2v) is 4.86. The molecule has 21 heavy (non-hydrogen) atoms. The summed E-state index contributed by atoms with van der Waals surface area (Å²) >= 11 is 11.8. The van der Waals surface area contributed by atoms with E-state index in [1.165, 1.54) is 6.33 Å². The van der Waals surface area contributed by atoms with Gasteiger partial charge in [0.05, 0.1) is 11.3 Å². The third-order valence-corrected chi connectivity index (χ3v) is 3.39. The lowest BCUT2D eigenvalue weighted by atomic mass is 10.1. The SMILES string of the molecule is CNC(=O)c1ccccc1-n1cnc2c(Cl)nc(Cl)nc21. The molecule has 0 atom stereocenters. The van der Waals surface area contributed by atoms with Crippen molar-refractivity contribution < 1.29 is 4.79 Å². The van der Waals surface area contributed by atoms with E-state index >= 15 is 0 Å². The van der Waals surface area contributed by atoms with Crippen LogP contribution in [0.5, 0.6) is 0 Å². The topological polar surface area (TPSA) is 72.7 Å². The largest absolute Gasteiger partial charge is 0.355 e. The molecule has 0 aliphatic heterocycles. The second-order valence-electron chi connectivity index (χ2n) is 4.17. The first-order chi connectivity index (χ1) is 10.1. The van der Waals surface area contributed by atoms with Crippen molar-refractivity contribution in [3.63, 3.8) is 0 Å². The van der Waals surface area contributed by atoms with Crippen LogP contribution in [0.25, 0.3) is 16.9 Å². The van der Waals surface area contributed by atoms with Gasteiger partial charge in [-0.3, -0.25) is 9.36 Å². The smallest absolute Gasteiger partial charge is 0.253 e. The molecule has 2 aromatic heterocycles. The molecule has 6 nitrogen and oxygen atoms in total. The summed E-state index contributed by atoms with van der Waals surface area (Å²) in [6.07, 6.45) is 1.53. The summed E-state index contributed by atoms with van der Waals surface area (Å²) in [5.41, 5.74) is 1.99. The molecule has 0 aliphatic carbocycles. The van der Waals surface area contributed by atoms with Crippen molar-refractivity contribution in [3.05, 3.63) is 46.6 Å². The molecule has 1 aromatic carbocycles. The summed E-state index contributed by atoms with van der Waals surface area (Å²) in [6, 6.07) is 7.10. The molecule has 0 fully saturated rings. The van der Waals surface area contributed by atoms with Crippen LogP contribution in [0.1, 0.15) is 10.4 Å². The Balaban J connectivity index is 2.29. The lowest BCUT2D eigenvalue weighted by Crippen LogP contribution is -2.19. The van der Waals surface area contributed by atoms with Gasteiger partial charge in [0.2, 0.25) is 5.28 Å². The number of para-hydroxylation sites is 1. The van der Waals surface area contributed by atoms with Gasteiger partial charge in [-0.1, -0.05) is 23.7 Å². The van der Waals surface area contributed by atoms with E-state index in [0.29, 0.717) is 22.4 Å². The number of benzene rings is 1. The number of carbonyl (C=O) groups excluding carboxylic acids is 1. The minimum atomic E-state index is -0.210. The third kappa shape index (κ3) is 2.32. The Hall–Kier alpha value is -2.18. The second kappa shape index (κ2) is 5.31. The van der Waals surface area contributed by atoms with Crippen LogP contribution >= 0.6 is 23.2 Å². The average molecular weight is 322 g/mol. The maximum atomic E-state index is 12.0. The number of carbonyl (C=O) groups is 1. The van der Waals surface area contributed by atoms with E-state index < -0.39 is 0 Å². The number of nitrogens with one attached hydrogen (secondary N) is 1. The number of hydrogen-bond acceptors (Lipinski definition) is 4. The molecule has 0 unspecified atom stereocenters. The van der Waals surface area contributed by atoms with Crippen LogP contribution < -0.4 is 5.32 Å². The molecule has 106 valence electrons. The Morgan fingerprint density at radius 3 is 2.76 bits per heavy atom. The third-order valence-electron chi connectivity index (χ3n) is 2.96. The lowest BCUT2D eigenvalue weighted by Gasteiger charge is -2.09. The first-order valence-electron chi connectivity index (χ1n) is 5.99. The maximum Gasteiger partial charge on any atom is 0.253 e. The van der Waals surface area contributed by atoms with Gasteiger partial charge in [-0.05, 0) is 23.7 Å². The van der Waals surface area contributed by atoms with Crippen molar-refractivity contribution >= 4 is 40.3 Å². The number of amides is 1. The molecule has 1 amide bonds. The van der Waals surface area contributed by atoms with Crippen molar-refractivity contribution in [2.75, 3.05) is 7.05 Å². The van der Waals surface area contributed by atoms with E-state index in [0.717, 1.165) is 0 Å². The van der Waals surface area contributed by atoms with Crippen LogP contribution in [-0.2, 0) is 0 Å². The van der Waals surface area contributed by atoms with Gasteiger partial charge >= 0.3 is 0 Å². The molecular formula is C13H9Cl2N5O. The van der Waals surface area contributed by atoms with Crippen molar-refractivity contribution in [2.24, 2.45) is 0 Å². The molecule has 1 N–H and O–H groups in total. The molecule has 0 spiro atoms. The van der Waals surface area contributed by atoms with Gasteiger partial charge in [0.15, 0.2) is 10.8 Å². The fourth-order valence-corrected chi connectivity index (χ4v) is 2.45. The summed E-state index contributed by atoms with van der Waals surface area (Å²) in [6.45, 7) is 0. The minimum Gasteiger partial charge on any atom is -0.355 e. The highest BCUT2D eigenvalue weighted by atomic mass is 35.5. The molecule has 8 heteroatoms. The molecule has 3 aromatic rings. The van der Waals surface area contributed by atoms with E-state index in [2.05, 4.69) is 20.3 Å². The average Bonchev–Trinajstić information content (AvgIpc) is 2.90. The van der Waals surface area contributed by atoms with Gasteiger partial charge in [-0.15, -0.1) is 0 Å². The van der Waals surface area contributed by atoms with Crippen LogP contribution in [0.15, 0.2) is 30.6 Å². The van der Waals surface area contributed by atoms with E-state index in [1.54, 1.807) is 29.8 Å². The van der Waals surface area contributed by atoms with Gasteiger partial charge in [0.25, 0.3) is 5.91 Å². The Morgan fingerprint density at radius 2 is 2.00 bits per heavy atom. The first kappa shape index (κ1) is 13.8. The zero-order valence-electron chi connectivity index (χ0n) is 10.8. The number of imidazole rings is 1. The Morgan fingerprint density at radius 1 is 1.24 bits per heavy atom. The van der Waals surface area contributed by atoms with Gasteiger partial charge in [0, 0.05) is 7.05 Å². The lowest BCUT2D eigenvalue weighted by molar-refractivity contribution is 0.0963. The van der Waals surface area contributed by atoms with Crippen molar-refractivity contribution in [2.45, 2.75) is 0 Å². The van der Waals surface area contributed by atoms with Crippen molar-refractivity contribution in [1.29, 1.82) is 0 Å². The standard InChI is InChI=1S/C13H9Cl2N5O/c1-16-12(21)7-4-2-3-5-8(7)20-6-17-9-10(14)18-13(15)19-11(9)20/h2-6H,1H3,(H,16,21). The van der Waals surface area contributed by atoms with E-state index in [1.807, 2.05) is 6.07 Å².